The van der Waals surface area contributed by atoms with E-state index in [1.807, 2.05) is 13.0 Å². The van der Waals surface area contributed by atoms with Crippen LogP contribution in [0, 0.1) is 27.4 Å². The summed E-state index contributed by atoms with van der Waals surface area (Å²) in [5.41, 5.74) is 5.55. The van der Waals surface area contributed by atoms with Crippen molar-refractivity contribution in [2.24, 2.45) is 11.7 Å². The summed E-state index contributed by atoms with van der Waals surface area (Å²) in [4.78, 5) is 21.6. The number of rotatable bonds is 5. The number of hydrogen-bond acceptors (Lipinski definition) is 5. The zero-order valence-corrected chi connectivity index (χ0v) is 10.4. The molecule has 0 aliphatic heterocycles. The molecular weight excluding hydrogens is 248 g/mol. The molecule has 3 N–H and O–H groups in total. The second-order valence-electron chi connectivity index (χ2n) is 4.19. The highest BCUT2D eigenvalue weighted by molar-refractivity contribution is 5.92. The first-order valence-corrected chi connectivity index (χ1v) is 5.66. The molecule has 7 heteroatoms. The summed E-state index contributed by atoms with van der Waals surface area (Å²) in [5.74, 6) is -0.244. The normalized spacial score (nSPS) is 11.4. The van der Waals surface area contributed by atoms with Gasteiger partial charge in [0, 0.05) is 18.6 Å². The van der Waals surface area contributed by atoms with Gasteiger partial charge in [-0.25, -0.2) is 0 Å². The molecular formula is C12H14N4O3. The minimum Gasteiger partial charge on any atom is -0.330 e. The van der Waals surface area contributed by atoms with Crippen LogP contribution < -0.4 is 11.1 Å². The van der Waals surface area contributed by atoms with Crippen LogP contribution in [0.4, 0.5) is 11.4 Å². The van der Waals surface area contributed by atoms with Gasteiger partial charge in [-0.1, -0.05) is 6.92 Å². The average molecular weight is 262 g/mol. The van der Waals surface area contributed by atoms with Crippen LogP contribution in [0.5, 0.6) is 0 Å². The number of nitrogens with one attached hydrogen (secondary N) is 1. The molecule has 1 unspecified atom stereocenters. The van der Waals surface area contributed by atoms with Crippen LogP contribution in [0.2, 0.25) is 0 Å². The van der Waals surface area contributed by atoms with Gasteiger partial charge in [-0.2, -0.15) is 5.26 Å². The third-order valence-corrected chi connectivity index (χ3v) is 2.54. The van der Waals surface area contributed by atoms with Crippen molar-refractivity contribution in [2.75, 3.05) is 11.9 Å². The summed E-state index contributed by atoms with van der Waals surface area (Å²) < 4.78 is 0. The van der Waals surface area contributed by atoms with E-state index in [9.17, 15) is 14.9 Å². The van der Waals surface area contributed by atoms with E-state index in [1.54, 1.807) is 0 Å². The molecule has 1 aromatic carbocycles. The molecule has 1 amide bonds. The Labute approximate surface area is 110 Å². The maximum absolute atomic E-state index is 11.7. The van der Waals surface area contributed by atoms with E-state index in [0.717, 1.165) is 6.07 Å². The van der Waals surface area contributed by atoms with Gasteiger partial charge in [0.1, 0.15) is 6.07 Å². The van der Waals surface area contributed by atoms with E-state index in [1.165, 1.54) is 12.1 Å². The van der Waals surface area contributed by atoms with E-state index < -0.39 is 4.92 Å². The number of hydrogen-bond donors (Lipinski definition) is 2. The van der Waals surface area contributed by atoms with Gasteiger partial charge < -0.3 is 11.1 Å². The Bertz CT molecular complexity index is 536. The van der Waals surface area contributed by atoms with E-state index >= 15 is 0 Å². The molecule has 0 heterocycles. The molecule has 0 aromatic heterocycles. The van der Waals surface area contributed by atoms with Crippen molar-refractivity contribution >= 4 is 17.3 Å². The van der Waals surface area contributed by atoms with E-state index in [-0.39, 0.29) is 35.2 Å². The number of non-ortho nitro benzene ring substituents is 1. The lowest BCUT2D eigenvalue weighted by molar-refractivity contribution is -0.384. The average Bonchev–Trinajstić information content (AvgIpc) is 2.38. The fraction of sp³-hybridized carbons (Fsp3) is 0.333. The molecule has 0 saturated carbocycles. The number of amides is 1. The minimum atomic E-state index is -0.594. The molecule has 0 radical (unpaired) electrons. The summed E-state index contributed by atoms with van der Waals surface area (Å²) in [6.07, 6.45) is 0.234. The van der Waals surface area contributed by atoms with Crippen molar-refractivity contribution < 1.29 is 9.72 Å². The Morgan fingerprint density at radius 3 is 2.84 bits per heavy atom. The standard InChI is InChI=1S/C12H14N4O3/c1-8(6-13)4-12(17)15-11-3-2-10(16(18)19)5-9(11)7-14/h2-3,5,8H,4,6,13H2,1H3,(H,15,17). The number of carbonyl (C=O) groups excluding carboxylic acids is 1. The first kappa shape index (κ1) is 14.6. The Morgan fingerprint density at radius 2 is 2.32 bits per heavy atom. The van der Waals surface area contributed by atoms with Crippen LogP contribution in [0.25, 0.3) is 0 Å². The number of nitro groups is 1. The van der Waals surface area contributed by atoms with Crippen molar-refractivity contribution in [2.45, 2.75) is 13.3 Å². The molecule has 0 bridgehead atoms. The van der Waals surface area contributed by atoms with Crippen LogP contribution in [0.3, 0.4) is 0 Å². The summed E-state index contributed by atoms with van der Waals surface area (Å²) in [6, 6.07) is 5.53. The predicted molar refractivity (Wildman–Crippen MR) is 69.3 cm³/mol. The maximum Gasteiger partial charge on any atom is 0.270 e. The summed E-state index contributed by atoms with van der Waals surface area (Å²) in [6.45, 7) is 2.22. The molecule has 0 aliphatic carbocycles. The molecule has 1 atom stereocenters. The van der Waals surface area contributed by atoms with Crippen LogP contribution in [-0.4, -0.2) is 17.4 Å². The zero-order valence-electron chi connectivity index (χ0n) is 10.4. The molecule has 1 aromatic rings. The van der Waals surface area contributed by atoms with Gasteiger partial charge >= 0.3 is 0 Å². The van der Waals surface area contributed by atoms with Gasteiger partial charge in [-0.05, 0) is 18.5 Å². The van der Waals surface area contributed by atoms with Crippen LogP contribution in [0.1, 0.15) is 18.9 Å². The largest absolute Gasteiger partial charge is 0.330 e. The number of benzene rings is 1. The van der Waals surface area contributed by atoms with Crippen LogP contribution >= 0.6 is 0 Å². The van der Waals surface area contributed by atoms with Crippen LogP contribution in [0.15, 0.2) is 18.2 Å². The summed E-state index contributed by atoms with van der Waals surface area (Å²) in [7, 11) is 0. The lowest BCUT2D eigenvalue weighted by Crippen LogP contribution is -2.20. The Hall–Kier alpha value is -2.46. The van der Waals surface area contributed by atoms with Crippen molar-refractivity contribution in [3.05, 3.63) is 33.9 Å². The van der Waals surface area contributed by atoms with E-state index in [0.29, 0.717) is 6.54 Å². The molecule has 7 nitrogen and oxygen atoms in total. The van der Waals surface area contributed by atoms with Gasteiger partial charge in [0.15, 0.2) is 0 Å². The van der Waals surface area contributed by atoms with Gasteiger partial charge in [-0.15, -0.1) is 0 Å². The smallest absolute Gasteiger partial charge is 0.270 e. The lowest BCUT2D eigenvalue weighted by Gasteiger charge is -2.10. The van der Waals surface area contributed by atoms with Crippen LogP contribution in [-0.2, 0) is 4.79 Å². The first-order valence-electron chi connectivity index (χ1n) is 5.66. The summed E-state index contributed by atoms with van der Waals surface area (Å²) in [5, 5.41) is 22.1. The summed E-state index contributed by atoms with van der Waals surface area (Å²) >= 11 is 0. The van der Waals surface area contributed by atoms with Gasteiger partial charge in [0.05, 0.1) is 16.2 Å². The highest BCUT2D eigenvalue weighted by Crippen LogP contribution is 2.21. The second-order valence-corrected chi connectivity index (χ2v) is 4.19. The molecule has 0 saturated heterocycles. The number of nitriles is 1. The van der Waals surface area contributed by atoms with Crippen molar-refractivity contribution in [3.8, 4) is 6.07 Å². The highest BCUT2D eigenvalue weighted by Gasteiger charge is 2.13. The number of nitro benzene ring substituents is 1. The predicted octanol–water partition coefficient (Wildman–Crippen LogP) is 1.39. The Morgan fingerprint density at radius 1 is 1.63 bits per heavy atom. The molecule has 100 valence electrons. The monoisotopic (exact) mass is 262 g/mol. The molecule has 0 aliphatic rings. The lowest BCUT2D eigenvalue weighted by atomic mass is 10.1. The fourth-order valence-electron chi connectivity index (χ4n) is 1.45. The Kier molecular flexibility index (Phi) is 4.97. The van der Waals surface area contributed by atoms with Gasteiger partial charge in [-0.3, -0.25) is 14.9 Å². The topological polar surface area (TPSA) is 122 Å². The number of carbonyl (C=O) groups is 1. The second kappa shape index (κ2) is 6.47. The van der Waals surface area contributed by atoms with Crippen molar-refractivity contribution in [3.63, 3.8) is 0 Å². The zero-order chi connectivity index (χ0) is 14.4. The molecule has 0 spiro atoms. The SMILES string of the molecule is CC(CN)CC(=O)Nc1ccc([N+](=O)[O-])cc1C#N. The number of nitrogens with two attached hydrogens (primary N) is 1. The number of nitrogens with zero attached hydrogens (tertiary/aromatic N) is 2. The van der Waals surface area contributed by atoms with Crippen molar-refractivity contribution in [1.29, 1.82) is 5.26 Å². The van der Waals surface area contributed by atoms with Crippen molar-refractivity contribution in [1.82, 2.24) is 0 Å². The molecule has 0 fully saturated rings. The third kappa shape index (κ3) is 4.04. The minimum absolute atomic E-state index is 0.0311. The molecule has 19 heavy (non-hydrogen) atoms. The third-order valence-electron chi connectivity index (χ3n) is 2.54. The fourth-order valence-corrected chi connectivity index (χ4v) is 1.45. The van der Waals surface area contributed by atoms with E-state index in [4.69, 9.17) is 11.0 Å². The molecule has 1 rings (SSSR count). The first-order chi connectivity index (χ1) is 8.97. The quantitative estimate of drug-likeness (QED) is 0.613. The van der Waals surface area contributed by atoms with E-state index in [2.05, 4.69) is 5.32 Å². The highest BCUT2D eigenvalue weighted by atomic mass is 16.6. The number of anilines is 1. The Balaban J connectivity index is 2.87. The van der Waals surface area contributed by atoms with Gasteiger partial charge in [0.25, 0.3) is 5.69 Å². The van der Waals surface area contributed by atoms with Gasteiger partial charge in [0.2, 0.25) is 5.91 Å². The maximum atomic E-state index is 11.7.